The predicted octanol–water partition coefficient (Wildman–Crippen LogP) is 4.06. The summed E-state index contributed by atoms with van der Waals surface area (Å²) in [6.07, 6.45) is 0. The smallest absolute Gasteiger partial charge is 0.139 e. The highest BCUT2D eigenvalue weighted by atomic mass is 35.5. The third kappa shape index (κ3) is 3.80. The van der Waals surface area contributed by atoms with Crippen LogP contribution in [0.2, 0.25) is 5.02 Å². The Labute approximate surface area is 143 Å². The second-order valence-corrected chi connectivity index (χ2v) is 6.49. The maximum absolute atomic E-state index is 6.13. The second kappa shape index (κ2) is 7.24. The Morgan fingerprint density at radius 1 is 1.13 bits per heavy atom. The Kier molecular flexibility index (Phi) is 5.09. The van der Waals surface area contributed by atoms with Crippen molar-refractivity contribution in [1.29, 1.82) is 0 Å². The first kappa shape index (κ1) is 16.2. The van der Waals surface area contributed by atoms with Crippen LogP contribution >= 0.6 is 11.6 Å². The number of ether oxygens (including phenoxy) is 1. The molecular weight excluding hydrogens is 308 g/mol. The predicted molar refractivity (Wildman–Crippen MR) is 96.5 cm³/mol. The van der Waals surface area contributed by atoms with Gasteiger partial charge in [-0.1, -0.05) is 41.9 Å². The number of halogens is 1. The van der Waals surface area contributed by atoms with Crippen LogP contribution in [0.25, 0.3) is 0 Å². The molecule has 4 heteroatoms. The topological polar surface area (TPSA) is 15.7 Å². The molecule has 0 spiro atoms. The first-order valence-electron chi connectivity index (χ1n) is 8.04. The molecule has 0 bridgehead atoms. The molecule has 23 heavy (non-hydrogen) atoms. The lowest BCUT2D eigenvalue weighted by Gasteiger charge is -2.41. The van der Waals surface area contributed by atoms with Crippen molar-refractivity contribution in [3.63, 3.8) is 0 Å². The van der Waals surface area contributed by atoms with Crippen LogP contribution < -0.4 is 9.64 Å². The quantitative estimate of drug-likeness (QED) is 0.840. The van der Waals surface area contributed by atoms with Gasteiger partial charge in [-0.2, -0.15) is 0 Å². The van der Waals surface area contributed by atoms with Crippen molar-refractivity contribution in [2.75, 3.05) is 31.6 Å². The Balaban J connectivity index is 1.67. The van der Waals surface area contributed by atoms with Crippen molar-refractivity contribution in [3.05, 3.63) is 59.1 Å². The third-order valence-electron chi connectivity index (χ3n) is 4.43. The highest BCUT2D eigenvalue weighted by Crippen LogP contribution is 2.31. The number of anilines is 1. The summed E-state index contributed by atoms with van der Waals surface area (Å²) in [7, 11) is 1.66. The molecule has 1 aliphatic heterocycles. The number of methoxy groups -OCH3 is 1. The van der Waals surface area contributed by atoms with E-state index in [0.717, 1.165) is 31.9 Å². The molecule has 1 atom stereocenters. The van der Waals surface area contributed by atoms with E-state index in [1.165, 1.54) is 11.3 Å². The van der Waals surface area contributed by atoms with Crippen LogP contribution in [0.4, 0.5) is 5.69 Å². The van der Waals surface area contributed by atoms with Gasteiger partial charge in [-0.25, -0.2) is 0 Å². The van der Waals surface area contributed by atoms with Gasteiger partial charge in [0.1, 0.15) is 5.75 Å². The van der Waals surface area contributed by atoms with Gasteiger partial charge in [-0.3, -0.25) is 4.90 Å². The maximum atomic E-state index is 6.13. The molecule has 2 aromatic carbocycles. The summed E-state index contributed by atoms with van der Waals surface area (Å²) >= 11 is 6.13. The fraction of sp³-hybridized carbons (Fsp3) is 0.368. The molecule has 1 heterocycles. The van der Waals surface area contributed by atoms with Crippen molar-refractivity contribution < 1.29 is 4.74 Å². The molecule has 0 saturated carbocycles. The van der Waals surface area contributed by atoms with E-state index in [-0.39, 0.29) is 0 Å². The number of hydrogen-bond donors (Lipinski definition) is 0. The van der Waals surface area contributed by atoms with Gasteiger partial charge < -0.3 is 9.64 Å². The van der Waals surface area contributed by atoms with Gasteiger partial charge in [0, 0.05) is 44.0 Å². The average molecular weight is 331 g/mol. The Morgan fingerprint density at radius 3 is 2.61 bits per heavy atom. The van der Waals surface area contributed by atoms with Crippen LogP contribution in [0.1, 0.15) is 12.5 Å². The van der Waals surface area contributed by atoms with Crippen LogP contribution in [0.5, 0.6) is 5.75 Å². The second-order valence-electron chi connectivity index (χ2n) is 6.08. The number of piperazine rings is 1. The first-order chi connectivity index (χ1) is 11.2. The summed E-state index contributed by atoms with van der Waals surface area (Å²) in [6, 6.07) is 17.2. The lowest BCUT2D eigenvalue weighted by Crippen LogP contribution is -2.51. The zero-order valence-electron chi connectivity index (χ0n) is 13.7. The molecule has 0 N–H and O–H groups in total. The first-order valence-corrected chi connectivity index (χ1v) is 8.41. The van der Waals surface area contributed by atoms with Gasteiger partial charge in [0.15, 0.2) is 0 Å². The molecule has 1 fully saturated rings. The number of rotatable bonds is 4. The molecule has 1 aliphatic rings. The van der Waals surface area contributed by atoms with Gasteiger partial charge >= 0.3 is 0 Å². The van der Waals surface area contributed by atoms with Gasteiger partial charge in [-0.05, 0) is 24.6 Å². The summed E-state index contributed by atoms with van der Waals surface area (Å²) in [5.41, 5.74) is 2.56. The van der Waals surface area contributed by atoms with Crippen LogP contribution in [-0.2, 0) is 6.54 Å². The van der Waals surface area contributed by atoms with Crippen molar-refractivity contribution >= 4 is 17.3 Å². The molecule has 0 amide bonds. The molecule has 0 aliphatic carbocycles. The molecule has 0 radical (unpaired) electrons. The minimum Gasteiger partial charge on any atom is -0.495 e. The lowest BCUT2D eigenvalue weighted by atomic mass is 10.1. The number of benzene rings is 2. The highest BCUT2D eigenvalue weighted by Gasteiger charge is 2.24. The van der Waals surface area contributed by atoms with E-state index in [1.54, 1.807) is 7.11 Å². The normalized spacial score (nSPS) is 18.9. The molecule has 1 saturated heterocycles. The Bertz CT molecular complexity index is 647. The van der Waals surface area contributed by atoms with E-state index in [9.17, 15) is 0 Å². The van der Waals surface area contributed by atoms with Crippen molar-refractivity contribution in [2.45, 2.75) is 19.5 Å². The van der Waals surface area contributed by atoms with Crippen LogP contribution in [-0.4, -0.2) is 37.7 Å². The van der Waals surface area contributed by atoms with Crippen molar-refractivity contribution in [1.82, 2.24) is 4.90 Å². The van der Waals surface area contributed by atoms with Crippen molar-refractivity contribution in [2.24, 2.45) is 0 Å². The van der Waals surface area contributed by atoms with E-state index >= 15 is 0 Å². The zero-order valence-corrected chi connectivity index (χ0v) is 14.5. The van der Waals surface area contributed by atoms with Gasteiger partial charge in [0.2, 0.25) is 0 Å². The zero-order chi connectivity index (χ0) is 16.2. The number of hydrogen-bond acceptors (Lipinski definition) is 3. The minimum atomic E-state index is 0.457. The summed E-state index contributed by atoms with van der Waals surface area (Å²) in [4.78, 5) is 4.95. The minimum absolute atomic E-state index is 0.457. The molecular formula is C19H23ClN2O. The van der Waals surface area contributed by atoms with Crippen LogP contribution in [0, 0.1) is 0 Å². The van der Waals surface area contributed by atoms with Crippen molar-refractivity contribution in [3.8, 4) is 5.75 Å². The molecule has 0 unspecified atom stereocenters. The average Bonchev–Trinajstić information content (AvgIpc) is 2.57. The third-order valence-corrected chi connectivity index (χ3v) is 4.74. The Morgan fingerprint density at radius 2 is 1.91 bits per heavy atom. The van der Waals surface area contributed by atoms with E-state index in [0.29, 0.717) is 11.1 Å². The summed E-state index contributed by atoms with van der Waals surface area (Å²) in [6.45, 7) is 6.42. The SMILES string of the molecule is COc1cc(N2CCN(Cc3ccccc3)C[C@H]2C)ccc1Cl. The highest BCUT2D eigenvalue weighted by molar-refractivity contribution is 6.32. The summed E-state index contributed by atoms with van der Waals surface area (Å²) in [5.74, 6) is 0.739. The summed E-state index contributed by atoms with van der Waals surface area (Å²) in [5, 5.41) is 0.659. The lowest BCUT2D eigenvalue weighted by molar-refractivity contribution is 0.221. The van der Waals surface area contributed by atoms with Gasteiger partial charge in [-0.15, -0.1) is 0 Å². The van der Waals surface area contributed by atoms with Gasteiger partial charge in [0.05, 0.1) is 12.1 Å². The van der Waals surface area contributed by atoms with E-state index in [4.69, 9.17) is 16.3 Å². The molecule has 3 nitrogen and oxygen atoms in total. The fourth-order valence-corrected chi connectivity index (χ4v) is 3.42. The van der Waals surface area contributed by atoms with Crippen LogP contribution in [0.3, 0.4) is 0 Å². The van der Waals surface area contributed by atoms with E-state index < -0.39 is 0 Å². The molecule has 2 aromatic rings. The number of nitrogens with zero attached hydrogens (tertiary/aromatic N) is 2. The Hall–Kier alpha value is -1.71. The molecule has 0 aromatic heterocycles. The van der Waals surface area contributed by atoms with E-state index in [2.05, 4.69) is 53.1 Å². The maximum Gasteiger partial charge on any atom is 0.139 e. The summed E-state index contributed by atoms with van der Waals surface area (Å²) < 4.78 is 5.34. The standard InChI is InChI=1S/C19H23ClN2O/c1-15-13-21(14-16-6-4-3-5-7-16)10-11-22(15)17-8-9-18(20)19(12-17)23-2/h3-9,12,15H,10-11,13-14H2,1-2H3/t15-/m1/s1. The largest absolute Gasteiger partial charge is 0.495 e. The fourth-order valence-electron chi connectivity index (χ4n) is 3.23. The molecule has 122 valence electrons. The van der Waals surface area contributed by atoms with Gasteiger partial charge in [0.25, 0.3) is 0 Å². The van der Waals surface area contributed by atoms with Crippen LogP contribution in [0.15, 0.2) is 48.5 Å². The molecule has 3 rings (SSSR count). The van der Waals surface area contributed by atoms with E-state index in [1.807, 2.05) is 12.1 Å². The monoisotopic (exact) mass is 330 g/mol.